The largest absolute Gasteiger partial charge is 0.287 e. The monoisotopic (exact) mass is 164 g/mol. The second-order valence-corrected chi connectivity index (χ2v) is 2.54. The molecule has 0 aromatic heterocycles. The van der Waals surface area contributed by atoms with Crippen LogP contribution >= 0.6 is 0 Å². The van der Waals surface area contributed by atoms with Gasteiger partial charge in [0.15, 0.2) is 0 Å². The van der Waals surface area contributed by atoms with Crippen LogP contribution in [0.4, 0.5) is 5.69 Å². The summed E-state index contributed by atoms with van der Waals surface area (Å²) in [5, 5.41) is 3.25. The summed E-state index contributed by atoms with van der Waals surface area (Å²) in [5.74, 6) is 0. The van der Waals surface area contributed by atoms with E-state index >= 15 is 0 Å². The molecule has 1 rings (SSSR count). The first-order chi connectivity index (χ1) is 5.75. The van der Waals surface area contributed by atoms with Gasteiger partial charge >= 0.3 is 0 Å². The molecule has 0 N–H and O–H groups in total. The van der Waals surface area contributed by atoms with E-state index in [2.05, 4.69) is 0 Å². The number of rotatable bonds is 3. The summed E-state index contributed by atoms with van der Waals surface area (Å²) in [5.41, 5.74) is 0.993. The first-order valence-electron chi connectivity index (χ1n) is 3.72. The lowest BCUT2D eigenvalue weighted by molar-refractivity contribution is -0.117. The fourth-order valence-corrected chi connectivity index (χ4v) is 0.897. The van der Waals surface area contributed by atoms with Crippen molar-refractivity contribution in [2.24, 2.45) is 0 Å². The van der Waals surface area contributed by atoms with Crippen molar-refractivity contribution in [3.8, 4) is 0 Å². The van der Waals surface area contributed by atoms with Gasteiger partial charge in [-0.25, -0.2) is 0 Å². The molecule has 0 saturated carbocycles. The molecule has 0 atom stereocenters. The Labute approximate surface area is 72.2 Å². The maximum atomic E-state index is 10.4. The summed E-state index contributed by atoms with van der Waals surface area (Å²) in [4.78, 5) is 10.4. The van der Waals surface area contributed by atoms with Gasteiger partial charge in [0.25, 0.3) is 0 Å². The van der Waals surface area contributed by atoms with Crippen molar-refractivity contribution in [1.82, 2.24) is 5.01 Å². The minimum Gasteiger partial charge on any atom is -0.287 e. The molecule has 0 unspecified atom stereocenters. The van der Waals surface area contributed by atoms with E-state index in [1.54, 1.807) is 12.1 Å². The zero-order chi connectivity index (χ0) is 8.97. The molecule has 12 heavy (non-hydrogen) atoms. The number of carbonyl (C=O) groups is 1. The number of hydrogen-bond acceptors (Lipinski definition) is 2. The molecule has 1 aromatic carbocycles. The smallest absolute Gasteiger partial charge is 0.228 e. The average molecular weight is 164 g/mol. The highest BCUT2D eigenvalue weighted by Crippen LogP contribution is 2.10. The lowest BCUT2D eigenvalue weighted by Gasteiger charge is -2.26. The number of hydrazine groups is 1. The van der Waals surface area contributed by atoms with Crippen LogP contribution in [0.2, 0.25) is 0 Å². The highest BCUT2D eigenvalue weighted by Gasteiger charge is 2.02. The lowest BCUT2D eigenvalue weighted by Crippen LogP contribution is -2.35. The number of nitrogens with zero attached hydrogens (tertiary/aromatic N) is 2. The van der Waals surface area contributed by atoms with Gasteiger partial charge in [0.1, 0.15) is 0 Å². The molecule has 0 aliphatic rings. The van der Waals surface area contributed by atoms with E-state index in [1.165, 1.54) is 5.01 Å². The Hall–Kier alpha value is -1.51. The van der Waals surface area contributed by atoms with E-state index in [0.717, 1.165) is 12.1 Å². The second-order valence-electron chi connectivity index (χ2n) is 2.54. The van der Waals surface area contributed by atoms with Crippen LogP contribution in [0.5, 0.6) is 0 Å². The van der Waals surface area contributed by atoms with Crippen molar-refractivity contribution in [3.63, 3.8) is 0 Å². The van der Waals surface area contributed by atoms with Crippen LogP contribution in [0.25, 0.3) is 0 Å². The maximum absolute atomic E-state index is 10.4. The Bertz CT molecular complexity index is 248. The number of para-hydroxylation sites is 1. The molecule has 1 aromatic rings. The third-order valence-corrected chi connectivity index (χ3v) is 1.76. The third-order valence-electron chi connectivity index (χ3n) is 1.76. The van der Waals surface area contributed by atoms with Gasteiger partial charge in [-0.3, -0.25) is 14.8 Å². The Morgan fingerprint density at radius 1 is 1.17 bits per heavy atom. The summed E-state index contributed by atoms with van der Waals surface area (Å²) in [6.45, 7) is 0. The van der Waals surface area contributed by atoms with Crippen molar-refractivity contribution >= 4 is 12.1 Å². The van der Waals surface area contributed by atoms with E-state index < -0.39 is 0 Å². The standard InChI is InChI=1S/C9H12N2O/c1-10(8-12)11(2)9-6-4-3-5-7-9/h3-8H,1-2H3. The van der Waals surface area contributed by atoms with E-state index in [0.29, 0.717) is 0 Å². The van der Waals surface area contributed by atoms with E-state index in [9.17, 15) is 4.79 Å². The fourth-order valence-electron chi connectivity index (χ4n) is 0.897. The number of carbonyl (C=O) groups excluding carboxylic acids is 1. The topological polar surface area (TPSA) is 23.6 Å². The zero-order valence-corrected chi connectivity index (χ0v) is 7.27. The van der Waals surface area contributed by atoms with Crippen LogP contribution < -0.4 is 5.01 Å². The molecule has 64 valence electrons. The number of anilines is 1. The normalized spacial score (nSPS) is 9.17. The van der Waals surface area contributed by atoms with Crippen LogP contribution in [-0.4, -0.2) is 25.5 Å². The SMILES string of the molecule is CN(C=O)N(C)c1ccccc1. The Balaban J connectivity index is 2.78. The predicted octanol–water partition coefficient (Wildman–Crippen LogP) is 1.13. The Morgan fingerprint density at radius 2 is 1.75 bits per heavy atom. The van der Waals surface area contributed by atoms with E-state index in [4.69, 9.17) is 0 Å². The molecule has 3 heteroatoms. The van der Waals surface area contributed by atoms with Gasteiger partial charge in [-0.05, 0) is 12.1 Å². The minimum absolute atomic E-state index is 0.771. The van der Waals surface area contributed by atoms with Crippen LogP contribution in [0.1, 0.15) is 0 Å². The average Bonchev–Trinajstić information content (AvgIpc) is 2.17. The van der Waals surface area contributed by atoms with Crippen molar-refractivity contribution < 1.29 is 4.79 Å². The quantitative estimate of drug-likeness (QED) is 0.494. The first-order valence-corrected chi connectivity index (χ1v) is 3.72. The van der Waals surface area contributed by atoms with E-state index in [-0.39, 0.29) is 0 Å². The van der Waals surface area contributed by atoms with Crippen LogP contribution in [0, 0.1) is 0 Å². The van der Waals surface area contributed by atoms with Gasteiger partial charge in [-0.1, -0.05) is 18.2 Å². The highest BCUT2D eigenvalue weighted by atomic mass is 16.1. The highest BCUT2D eigenvalue weighted by molar-refractivity contribution is 5.54. The summed E-state index contributed by atoms with van der Waals surface area (Å²) < 4.78 is 0. The maximum Gasteiger partial charge on any atom is 0.228 e. The number of benzene rings is 1. The van der Waals surface area contributed by atoms with Crippen molar-refractivity contribution in [3.05, 3.63) is 30.3 Å². The Kier molecular flexibility index (Phi) is 2.69. The van der Waals surface area contributed by atoms with Crippen LogP contribution in [0.3, 0.4) is 0 Å². The third kappa shape index (κ3) is 1.75. The second kappa shape index (κ2) is 3.76. The number of hydrogen-bond donors (Lipinski definition) is 0. The fraction of sp³-hybridized carbons (Fsp3) is 0.222. The molecule has 1 amide bonds. The number of amides is 1. The molecular weight excluding hydrogens is 152 g/mol. The van der Waals surface area contributed by atoms with Gasteiger partial charge in [0.2, 0.25) is 6.41 Å². The molecule has 0 saturated heterocycles. The molecule has 0 fully saturated rings. The van der Waals surface area contributed by atoms with Crippen molar-refractivity contribution in [2.45, 2.75) is 0 Å². The van der Waals surface area contributed by atoms with E-state index in [1.807, 2.05) is 37.4 Å². The van der Waals surface area contributed by atoms with Crippen molar-refractivity contribution in [2.75, 3.05) is 19.1 Å². The molecule has 0 bridgehead atoms. The molecular formula is C9H12N2O. The molecule has 0 spiro atoms. The summed E-state index contributed by atoms with van der Waals surface area (Å²) in [6, 6.07) is 9.70. The van der Waals surface area contributed by atoms with Gasteiger partial charge in [-0.2, -0.15) is 0 Å². The molecule has 0 aliphatic carbocycles. The lowest BCUT2D eigenvalue weighted by atomic mass is 10.3. The Morgan fingerprint density at radius 3 is 2.25 bits per heavy atom. The van der Waals surface area contributed by atoms with Crippen molar-refractivity contribution in [1.29, 1.82) is 0 Å². The van der Waals surface area contributed by atoms with Gasteiger partial charge in [0.05, 0.1) is 5.69 Å². The summed E-state index contributed by atoms with van der Waals surface area (Å²) in [6.07, 6.45) is 0.771. The predicted molar refractivity (Wildman–Crippen MR) is 48.7 cm³/mol. The van der Waals surface area contributed by atoms with Crippen LogP contribution in [-0.2, 0) is 4.79 Å². The zero-order valence-electron chi connectivity index (χ0n) is 7.27. The summed E-state index contributed by atoms with van der Waals surface area (Å²) in [7, 11) is 3.55. The summed E-state index contributed by atoms with van der Waals surface area (Å²) >= 11 is 0. The van der Waals surface area contributed by atoms with Crippen LogP contribution in [0.15, 0.2) is 30.3 Å². The molecule has 0 radical (unpaired) electrons. The molecule has 0 aliphatic heterocycles. The van der Waals surface area contributed by atoms with Gasteiger partial charge < -0.3 is 0 Å². The molecule has 3 nitrogen and oxygen atoms in total. The minimum atomic E-state index is 0.771. The molecule has 0 heterocycles. The van der Waals surface area contributed by atoms with Gasteiger partial charge in [-0.15, -0.1) is 0 Å². The first kappa shape index (κ1) is 8.59. The van der Waals surface area contributed by atoms with Gasteiger partial charge in [0, 0.05) is 14.1 Å².